The van der Waals surface area contributed by atoms with Gasteiger partial charge in [0.1, 0.15) is 0 Å². The Bertz CT molecular complexity index is 492. The van der Waals surface area contributed by atoms with E-state index >= 15 is 0 Å². The minimum Gasteiger partial charge on any atom is -0.305 e. The predicted octanol–water partition coefficient (Wildman–Crippen LogP) is 4.56. The summed E-state index contributed by atoms with van der Waals surface area (Å²) in [6.07, 6.45) is 0. The van der Waals surface area contributed by atoms with Gasteiger partial charge in [-0.2, -0.15) is 0 Å². The summed E-state index contributed by atoms with van der Waals surface area (Å²) >= 11 is 7.57. The molecule has 3 heteroatoms. The molecule has 0 saturated heterocycles. The van der Waals surface area contributed by atoms with Crippen LogP contribution < -0.4 is 5.32 Å². The molecule has 1 aromatic carbocycles. The molecule has 1 heterocycles. The maximum atomic E-state index is 5.93. The molecule has 0 aliphatic heterocycles. The first-order valence-electron chi connectivity index (χ1n) is 5.69. The molecule has 0 aliphatic carbocycles. The van der Waals surface area contributed by atoms with Crippen LogP contribution in [0.2, 0.25) is 4.34 Å². The lowest BCUT2D eigenvalue weighted by Gasteiger charge is -2.12. The van der Waals surface area contributed by atoms with E-state index in [-0.39, 0.29) is 0 Å². The quantitative estimate of drug-likeness (QED) is 0.855. The van der Waals surface area contributed by atoms with Crippen LogP contribution in [0.3, 0.4) is 0 Å². The molecule has 2 rings (SSSR count). The van der Waals surface area contributed by atoms with Crippen molar-refractivity contribution in [3.05, 3.63) is 56.7 Å². The standard InChI is InChI=1S/C14H16ClNS/c1-10-4-3-5-12(8-10)9-16-11(2)13-6-7-14(15)17-13/h3-8,11,16H,9H2,1-2H3. The molecule has 0 bridgehead atoms. The molecule has 0 saturated carbocycles. The number of aryl methyl sites for hydroxylation is 1. The lowest BCUT2D eigenvalue weighted by Crippen LogP contribution is -2.17. The smallest absolute Gasteiger partial charge is 0.0931 e. The zero-order valence-corrected chi connectivity index (χ0v) is 11.6. The molecule has 0 spiro atoms. The van der Waals surface area contributed by atoms with Crippen LogP contribution in [0.5, 0.6) is 0 Å². The lowest BCUT2D eigenvalue weighted by atomic mass is 10.1. The van der Waals surface area contributed by atoms with Crippen molar-refractivity contribution >= 4 is 22.9 Å². The third-order valence-corrected chi connectivity index (χ3v) is 4.13. The van der Waals surface area contributed by atoms with E-state index in [1.165, 1.54) is 16.0 Å². The fourth-order valence-corrected chi connectivity index (χ4v) is 2.84. The van der Waals surface area contributed by atoms with Gasteiger partial charge in [-0.15, -0.1) is 11.3 Å². The second kappa shape index (κ2) is 5.67. The Morgan fingerprint density at radius 3 is 2.76 bits per heavy atom. The fourth-order valence-electron chi connectivity index (χ4n) is 1.75. The molecule has 1 aromatic heterocycles. The maximum Gasteiger partial charge on any atom is 0.0931 e. The van der Waals surface area contributed by atoms with Gasteiger partial charge in [-0.25, -0.2) is 0 Å². The van der Waals surface area contributed by atoms with E-state index in [1.807, 2.05) is 6.07 Å². The molecular weight excluding hydrogens is 250 g/mol. The van der Waals surface area contributed by atoms with Crippen molar-refractivity contribution in [1.82, 2.24) is 5.32 Å². The van der Waals surface area contributed by atoms with Crippen LogP contribution in [-0.4, -0.2) is 0 Å². The Hall–Kier alpha value is -0.830. The first-order valence-corrected chi connectivity index (χ1v) is 6.89. The Balaban J connectivity index is 1.94. The van der Waals surface area contributed by atoms with E-state index in [1.54, 1.807) is 11.3 Å². The number of hydrogen-bond acceptors (Lipinski definition) is 2. The van der Waals surface area contributed by atoms with Gasteiger partial charge in [-0.1, -0.05) is 41.4 Å². The molecule has 1 N–H and O–H groups in total. The van der Waals surface area contributed by atoms with Gasteiger partial charge in [0.05, 0.1) is 4.34 Å². The number of nitrogens with one attached hydrogen (secondary N) is 1. The van der Waals surface area contributed by atoms with Gasteiger partial charge in [0, 0.05) is 17.5 Å². The molecule has 0 fully saturated rings. The minimum atomic E-state index is 0.341. The average molecular weight is 266 g/mol. The molecule has 1 unspecified atom stereocenters. The van der Waals surface area contributed by atoms with E-state index < -0.39 is 0 Å². The highest BCUT2D eigenvalue weighted by Crippen LogP contribution is 2.26. The van der Waals surface area contributed by atoms with Crippen molar-refractivity contribution in [3.8, 4) is 0 Å². The third-order valence-electron chi connectivity index (χ3n) is 2.72. The van der Waals surface area contributed by atoms with Crippen LogP contribution >= 0.6 is 22.9 Å². The molecule has 1 nitrogen and oxygen atoms in total. The fraction of sp³-hybridized carbons (Fsp3) is 0.286. The van der Waals surface area contributed by atoms with Crippen molar-refractivity contribution in [2.45, 2.75) is 26.4 Å². The Morgan fingerprint density at radius 1 is 1.29 bits per heavy atom. The highest BCUT2D eigenvalue weighted by atomic mass is 35.5. The van der Waals surface area contributed by atoms with Crippen LogP contribution in [0.1, 0.15) is 29.0 Å². The van der Waals surface area contributed by atoms with E-state index in [0.29, 0.717) is 6.04 Å². The summed E-state index contributed by atoms with van der Waals surface area (Å²) in [6, 6.07) is 12.9. The number of halogens is 1. The van der Waals surface area contributed by atoms with Crippen molar-refractivity contribution in [1.29, 1.82) is 0 Å². The summed E-state index contributed by atoms with van der Waals surface area (Å²) < 4.78 is 0.851. The highest BCUT2D eigenvalue weighted by molar-refractivity contribution is 7.16. The number of rotatable bonds is 4. The molecular formula is C14H16ClNS. The third kappa shape index (κ3) is 3.56. The van der Waals surface area contributed by atoms with E-state index in [9.17, 15) is 0 Å². The van der Waals surface area contributed by atoms with Gasteiger partial charge in [-0.05, 0) is 31.5 Å². The zero-order valence-electron chi connectivity index (χ0n) is 10.0. The Morgan fingerprint density at radius 2 is 2.12 bits per heavy atom. The number of thiophene rings is 1. The summed E-state index contributed by atoms with van der Waals surface area (Å²) in [4.78, 5) is 1.28. The van der Waals surface area contributed by atoms with Gasteiger partial charge in [0.25, 0.3) is 0 Å². The number of benzene rings is 1. The second-order valence-corrected chi connectivity index (χ2v) is 5.98. The van der Waals surface area contributed by atoms with Crippen LogP contribution in [0.4, 0.5) is 0 Å². The zero-order chi connectivity index (χ0) is 12.3. The summed E-state index contributed by atoms with van der Waals surface area (Å²) in [5, 5.41) is 3.51. The average Bonchev–Trinajstić information content (AvgIpc) is 2.73. The van der Waals surface area contributed by atoms with Crippen molar-refractivity contribution in [2.24, 2.45) is 0 Å². The summed E-state index contributed by atoms with van der Waals surface area (Å²) in [7, 11) is 0. The summed E-state index contributed by atoms with van der Waals surface area (Å²) in [5.41, 5.74) is 2.62. The van der Waals surface area contributed by atoms with E-state index in [2.05, 4.69) is 49.5 Å². The van der Waals surface area contributed by atoms with Crippen LogP contribution in [0.15, 0.2) is 36.4 Å². The summed E-state index contributed by atoms with van der Waals surface area (Å²) in [5.74, 6) is 0. The molecule has 1 atom stereocenters. The van der Waals surface area contributed by atoms with Crippen molar-refractivity contribution in [3.63, 3.8) is 0 Å². The molecule has 0 radical (unpaired) electrons. The SMILES string of the molecule is Cc1cccc(CNC(C)c2ccc(Cl)s2)c1. The first-order chi connectivity index (χ1) is 8.15. The van der Waals surface area contributed by atoms with Crippen molar-refractivity contribution in [2.75, 3.05) is 0 Å². The minimum absolute atomic E-state index is 0.341. The van der Waals surface area contributed by atoms with E-state index in [0.717, 1.165) is 10.9 Å². The van der Waals surface area contributed by atoms with Crippen LogP contribution in [-0.2, 0) is 6.54 Å². The largest absolute Gasteiger partial charge is 0.305 e. The monoisotopic (exact) mass is 265 g/mol. The van der Waals surface area contributed by atoms with Gasteiger partial charge >= 0.3 is 0 Å². The molecule has 0 aliphatic rings. The molecule has 90 valence electrons. The maximum absolute atomic E-state index is 5.93. The summed E-state index contributed by atoms with van der Waals surface area (Å²) in [6.45, 7) is 5.17. The molecule has 17 heavy (non-hydrogen) atoms. The van der Waals surface area contributed by atoms with Crippen LogP contribution in [0, 0.1) is 6.92 Å². The topological polar surface area (TPSA) is 12.0 Å². The molecule has 0 amide bonds. The van der Waals surface area contributed by atoms with Gasteiger partial charge < -0.3 is 5.32 Å². The highest BCUT2D eigenvalue weighted by Gasteiger charge is 2.07. The van der Waals surface area contributed by atoms with Crippen LogP contribution in [0.25, 0.3) is 0 Å². The Kier molecular flexibility index (Phi) is 4.21. The van der Waals surface area contributed by atoms with Gasteiger partial charge in [-0.3, -0.25) is 0 Å². The first kappa shape index (κ1) is 12.6. The predicted molar refractivity (Wildman–Crippen MR) is 75.8 cm³/mol. The second-order valence-electron chi connectivity index (χ2n) is 4.23. The lowest BCUT2D eigenvalue weighted by molar-refractivity contribution is 0.583. The van der Waals surface area contributed by atoms with Gasteiger partial charge in [0.15, 0.2) is 0 Å². The van der Waals surface area contributed by atoms with Gasteiger partial charge in [0.2, 0.25) is 0 Å². The Labute approximate surface area is 111 Å². The van der Waals surface area contributed by atoms with E-state index in [4.69, 9.17) is 11.6 Å². The molecule has 2 aromatic rings. The number of hydrogen-bond donors (Lipinski definition) is 1. The van der Waals surface area contributed by atoms with Crippen molar-refractivity contribution < 1.29 is 0 Å². The normalized spacial score (nSPS) is 12.6.